The lowest BCUT2D eigenvalue weighted by Crippen LogP contribution is -2.37. The number of amides is 2. The lowest BCUT2D eigenvalue weighted by molar-refractivity contribution is 0.161. The highest BCUT2D eigenvalue weighted by Crippen LogP contribution is 2.23. The van der Waals surface area contributed by atoms with E-state index in [0.717, 1.165) is 32.1 Å². The summed E-state index contributed by atoms with van der Waals surface area (Å²) in [6.45, 7) is 0.589. The Bertz CT molecular complexity index is 283. The fraction of sp³-hybridized carbons (Fsp3) is 0.833. The van der Waals surface area contributed by atoms with E-state index in [4.69, 9.17) is 0 Å². The van der Waals surface area contributed by atoms with Crippen LogP contribution in [-0.4, -0.2) is 39.0 Å². The standard InChI is InChI=1S/C12H22N2O4/c1-17-11(15)13-8-9-5-3-4-6-10(7-9)14-12(16)18-2/h9-10H,3-8H2,1-2H3,(H,13,15)(H,14,16). The first-order valence-electron chi connectivity index (χ1n) is 6.32. The Balaban J connectivity index is 2.38. The van der Waals surface area contributed by atoms with Crippen molar-refractivity contribution in [3.63, 3.8) is 0 Å². The summed E-state index contributed by atoms with van der Waals surface area (Å²) in [7, 11) is 2.71. The smallest absolute Gasteiger partial charge is 0.407 e. The van der Waals surface area contributed by atoms with Gasteiger partial charge in [0, 0.05) is 12.6 Å². The van der Waals surface area contributed by atoms with Gasteiger partial charge in [-0.2, -0.15) is 0 Å². The zero-order valence-electron chi connectivity index (χ0n) is 11.0. The van der Waals surface area contributed by atoms with Gasteiger partial charge in [-0.1, -0.05) is 12.8 Å². The van der Waals surface area contributed by atoms with Crippen LogP contribution in [0.5, 0.6) is 0 Å². The van der Waals surface area contributed by atoms with Gasteiger partial charge in [0.15, 0.2) is 0 Å². The van der Waals surface area contributed by atoms with Gasteiger partial charge in [-0.05, 0) is 25.2 Å². The normalized spacial score (nSPS) is 23.7. The molecule has 2 unspecified atom stereocenters. The number of rotatable bonds is 3. The lowest BCUT2D eigenvalue weighted by atomic mass is 9.98. The molecule has 0 saturated heterocycles. The van der Waals surface area contributed by atoms with Crippen molar-refractivity contribution < 1.29 is 19.1 Å². The van der Waals surface area contributed by atoms with Crippen LogP contribution < -0.4 is 10.6 Å². The van der Waals surface area contributed by atoms with E-state index >= 15 is 0 Å². The van der Waals surface area contributed by atoms with E-state index in [1.807, 2.05) is 0 Å². The first-order chi connectivity index (χ1) is 8.65. The van der Waals surface area contributed by atoms with Crippen LogP contribution in [0.25, 0.3) is 0 Å². The molecule has 1 saturated carbocycles. The summed E-state index contributed by atoms with van der Waals surface area (Å²) in [6.07, 6.45) is 4.29. The van der Waals surface area contributed by atoms with Crippen LogP contribution in [0.1, 0.15) is 32.1 Å². The topological polar surface area (TPSA) is 76.7 Å². The third-order valence-corrected chi connectivity index (χ3v) is 3.26. The van der Waals surface area contributed by atoms with E-state index in [1.165, 1.54) is 14.2 Å². The highest BCUT2D eigenvalue weighted by Gasteiger charge is 2.22. The number of ether oxygens (including phenoxy) is 2. The molecule has 0 aromatic heterocycles. The minimum atomic E-state index is -0.406. The highest BCUT2D eigenvalue weighted by atomic mass is 16.5. The average Bonchev–Trinajstić information content (AvgIpc) is 2.61. The summed E-state index contributed by atoms with van der Waals surface area (Å²) in [5.41, 5.74) is 0. The van der Waals surface area contributed by atoms with Crippen LogP contribution in [-0.2, 0) is 9.47 Å². The van der Waals surface area contributed by atoms with Crippen molar-refractivity contribution in [1.82, 2.24) is 10.6 Å². The fourth-order valence-electron chi connectivity index (χ4n) is 2.30. The third kappa shape index (κ3) is 5.25. The summed E-state index contributed by atoms with van der Waals surface area (Å²) in [5, 5.41) is 5.55. The maximum absolute atomic E-state index is 11.2. The Morgan fingerprint density at radius 3 is 2.44 bits per heavy atom. The minimum absolute atomic E-state index is 0.129. The summed E-state index contributed by atoms with van der Waals surface area (Å²) >= 11 is 0. The number of methoxy groups -OCH3 is 2. The van der Waals surface area contributed by atoms with Crippen molar-refractivity contribution in [2.24, 2.45) is 5.92 Å². The molecule has 0 heterocycles. The molecule has 2 N–H and O–H groups in total. The maximum Gasteiger partial charge on any atom is 0.407 e. The molecule has 2 amide bonds. The number of alkyl carbamates (subject to hydrolysis) is 2. The molecule has 18 heavy (non-hydrogen) atoms. The monoisotopic (exact) mass is 258 g/mol. The van der Waals surface area contributed by atoms with Crippen LogP contribution in [0.3, 0.4) is 0 Å². The molecule has 0 aromatic rings. The summed E-state index contributed by atoms with van der Waals surface area (Å²) < 4.78 is 9.15. The molecule has 1 rings (SSSR count). The van der Waals surface area contributed by atoms with E-state index < -0.39 is 6.09 Å². The van der Waals surface area contributed by atoms with Gasteiger partial charge in [0.2, 0.25) is 0 Å². The van der Waals surface area contributed by atoms with Crippen LogP contribution in [0, 0.1) is 5.92 Å². The number of hydrogen-bond donors (Lipinski definition) is 2. The summed E-state index contributed by atoms with van der Waals surface area (Å²) in [6, 6.07) is 0.129. The van der Waals surface area contributed by atoms with Crippen molar-refractivity contribution in [2.45, 2.75) is 38.1 Å². The van der Waals surface area contributed by atoms with E-state index in [1.54, 1.807) is 0 Å². The quantitative estimate of drug-likeness (QED) is 0.755. The molecule has 1 aliphatic carbocycles. The van der Waals surface area contributed by atoms with Crippen LogP contribution >= 0.6 is 0 Å². The second kappa shape index (κ2) is 7.79. The zero-order chi connectivity index (χ0) is 13.4. The van der Waals surface area contributed by atoms with Gasteiger partial charge >= 0.3 is 12.2 Å². The zero-order valence-corrected chi connectivity index (χ0v) is 11.0. The van der Waals surface area contributed by atoms with E-state index in [9.17, 15) is 9.59 Å². The number of nitrogens with one attached hydrogen (secondary N) is 2. The molecule has 6 heteroatoms. The fourth-order valence-corrected chi connectivity index (χ4v) is 2.30. The van der Waals surface area contributed by atoms with Crippen molar-refractivity contribution in [3.05, 3.63) is 0 Å². The molecule has 0 aliphatic heterocycles. The highest BCUT2D eigenvalue weighted by molar-refractivity contribution is 5.67. The largest absolute Gasteiger partial charge is 0.453 e. The Hall–Kier alpha value is -1.46. The van der Waals surface area contributed by atoms with Crippen molar-refractivity contribution in [3.8, 4) is 0 Å². The van der Waals surface area contributed by atoms with Crippen molar-refractivity contribution >= 4 is 12.2 Å². The molecule has 0 aromatic carbocycles. The molecule has 1 aliphatic rings. The van der Waals surface area contributed by atoms with Gasteiger partial charge < -0.3 is 20.1 Å². The van der Waals surface area contributed by atoms with Crippen LogP contribution in [0.2, 0.25) is 0 Å². The first-order valence-corrected chi connectivity index (χ1v) is 6.32. The van der Waals surface area contributed by atoms with Crippen LogP contribution in [0.15, 0.2) is 0 Å². The lowest BCUT2D eigenvalue weighted by Gasteiger charge is -2.20. The molecule has 104 valence electrons. The van der Waals surface area contributed by atoms with Gasteiger partial charge in [0.05, 0.1) is 14.2 Å². The molecule has 0 radical (unpaired) electrons. The minimum Gasteiger partial charge on any atom is -0.453 e. The molecule has 1 fully saturated rings. The van der Waals surface area contributed by atoms with Gasteiger partial charge in [0.1, 0.15) is 0 Å². The number of hydrogen-bond acceptors (Lipinski definition) is 4. The molecular formula is C12H22N2O4. The summed E-state index contributed by atoms with van der Waals surface area (Å²) in [4.78, 5) is 22.2. The maximum atomic E-state index is 11.2. The van der Waals surface area contributed by atoms with E-state index in [2.05, 4.69) is 20.1 Å². The number of carbonyl (C=O) groups is 2. The Morgan fingerprint density at radius 2 is 1.78 bits per heavy atom. The van der Waals surface area contributed by atoms with Crippen LogP contribution in [0.4, 0.5) is 9.59 Å². The first kappa shape index (κ1) is 14.6. The predicted octanol–water partition coefficient (Wildman–Crippen LogP) is 1.65. The Morgan fingerprint density at radius 1 is 1.11 bits per heavy atom. The summed E-state index contributed by atoms with van der Waals surface area (Å²) in [5.74, 6) is 0.369. The average molecular weight is 258 g/mol. The van der Waals surface area contributed by atoms with Gasteiger partial charge in [-0.3, -0.25) is 0 Å². The molecule has 2 atom stereocenters. The second-order valence-electron chi connectivity index (χ2n) is 4.59. The van der Waals surface area contributed by atoms with E-state index in [-0.39, 0.29) is 12.1 Å². The molecule has 6 nitrogen and oxygen atoms in total. The second-order valence-corrected chi connectivity index (χ2v) is 4.59. The Labute approximate surface area is 107 Å². The molecule has 0 spiro atoms. The van der Waals surface area contributed by atoms with E-state index in [0.29, 0.717) is 12.5 Å². The van der Waals surface area contributed by atoms with Gasteiger partial charge in [0.25, 0.3) is 0 Å². The molecule has 0 bridgehead atoms. The van der Waals surface area contributed by atoms with Crippen molar-refractivity contribution in [2.75, 3.05) is 20.8 Å². The number of carbonyl (C=O) groups excluding carboxylic acids is 2. The Kier molecular flexibility index (Phi) is 6.32. The van der Waals surface area contributed by atoms with Gasteiger partial charge in [-0.25, -0.2) is 9.59 Å². The molecular weight excluding hydrogens is 236 g/mol. The predicted molar refractivity (Wildman–Crippen MR) is 66.3 cm³/mol. The third-order valence-electron chi connectivity index (χ3n) is 3.26. The van der Waals surface area contributed by atoms with Gasteiger partial charge in [-0.15, -0.1) is 0 Å². The van der Waals surface area contributed by atoms with Crippen molar-refractivity contribution in [1.29, 1.82) is 0 Å². The SMILES string of the molecule is COC(=O)NCC1CCCCC(NC(=O)OC)C1.